The Morgan fingerprint density at radius 3 is 2.80 bits per heavy atom. The molecule has 0 bridgehead atoms. The van der Waals surface area contributed by atoms with E-state index in [4.69, 9.17) is 22.6 Å². The Labute approximate surface area is 92.2 Å². The molecular formula is C10H9ClN2O2. The summed E-state index contributed by atoms with van der Waals surface area (Å²) >= 11 is 5.87. The van der Waals surface area contributed by atoms with Gasteiger partial charge in [0.15, 0.2) is 0 Å². The van der Waals surface area contributed by atoms with Crippen molar-refractivity contribution in [3.63, 3.8) is 0 Å². The Balaban J connectivity index is 3.34. The fourth-order valence-electron chi connectivity index (χ4n) is 1.15. The summed E-state index contributed by atoms with van der Waals surface area (Å²) < 4.78 is 4.54. The van der Waals surface area contributed by atoms with E-state index in [1.54, 1.807) is 0 Å². The number of ether oxygens (including phenoxy) is 1. The number of hydrogen-bond acceptors (Lipinski definition) is 4. The van der Waals surface area contributed by atoms with Gasteiger partial charge in [-0.2, -0.15) is 5.26 Å². The van der Waals surface area contributed by atoms with Crippen LogP contribution in [0.2, 0.25) is 5.02 Å². The highest BCUT2D eigenvalue weighted by Crippen LogP contribution is 2.22. The topological polar surface area (TPSA) is 76.1 Å². The minimum atomic E-state index is -0.516. The van der Waals surface area contributed by atoms with Gasteiger partial charge in [0, 0.05) is 6.54 Å². The van der Waals surface area contributed by atoms with Gasteiger partial charge in [-0.05, 0) is 17.7 Å². The second-order valence-corrected chi connectivity index (χ2v) is 3.18. The van der Waals surface area contributed by atoms with Gasteiger partial charge in [0.1, 0.15) is 6.07 Å². The van der Waals surface area contributed by atoms with E-state index in [9.17, 15) is 4.79 Å². The molecular weight excluding hydrogens is 216 g/mol. The number of hydrogen-bond donors (Lipinski definition) is 1. The third kappa shape index (κ3) is 2.27. The molecule has 78 valence electrons. The van der Waals surface area contributed by atoms with Gasteiger partial charge in [-0.1, -0.05) is 11.6 Å². The molecule has 15 heavy (non-hydrogen) atoms. The summed E-state index contributed by atoms with van der Waals surface area (Å²) in [6, 6.07) is 4.80. The molecule has 0 heterocycles. The van der Waals surface area contributed by atoms with Gasteiger partial charge in [0.05, 0.1) is 23.3 Å². The molecule has 0 saturated heterocycles. The molecule has 0 aliphatic rings. The van der Waals surface area contributed by atoms with Crippen molar-refractivity contribution >= 4 is 17.6 Å². The Kier molecular flexibility index (Phi) is 3.67. The zero-order chi connectivity index (χ0) is 11.4. The molecule has 0 atom stereocenters. The number of benzene rings is 1. The maximum absolute atomic E-state index is 11.2. The van der Waals surface area contributed by atoms with E-state index in [0.717, 1.165) is 0 Å². The van der Waals surface area contributed by atoms with Crippen LogP contribution in [-0.2, 0) is 11.3 Å². The number of methoxy groups -OCH3 is 1. The highest BCUT2D eigenvalue weighted by atomic mass is 35.5. The van der Waals surface area contributed by atoms with Crippen LogP contribution in [0.4, 0.5) is 0 Å². The van der Waals surface area contributed by atoms with Crippen molar-refractivity contribution in [1.82, 2.24) is 0 Å². The van der Waals surface area contributed by atoms with E-state index in [1.165, 1.54) is 19.2 Å². The molecule has 0 radical (unpaired) electrons. The number of nitriles is 1. The Bertz CT molecular complexity index is 438. The maximum Gasteiger partial charge on any atom is 0.337 e. The highest BCUT2D eigenvalue weighted by Gasteiger charge is 2.12. The molecule has 0 aliphatic carbocycles. The predicted octanol–water partition coefficient (Wildman–Crippen LogP) is 1.46. The number of carbonyl (C=O) groups is 1. The molecule has 0 aromatic heterocycles. The highest BCUT2D eigenvalue weighted by molar-refractivity contribution is 6.32. The van der Waals surface area contributed by atoms with Gasteiger partial charge in [0.2, 0.25) is 0 Å². The van der Waals surface area contributed by atoms with E-state index in [1.807, 2.05) is 6.07 Å². The van der Waals surface area contributed by atoms with Crippen LogP contribution < -0.4 is 5.73 Å². The van der Waals surface area contributed by atoms with Crippen LogP contribution in [0.3, 0.4) is 0 Å². The van der Waals surface area contributed by atoms with E-state index in [0.29, 0.717) is 5.56 Å². The third-order valence-corrected chi connectivity index (χ3v) is 2.36. The van der Waals surface area contributed by atoms with Crippen molar-refractivity contribution in [2.45, 2.75) is 6.54 Å². The molecule has 5 heteroatoms. The first-order valence-corrected chi connectivity index (χ1v) is 4.52. The van der Waals surface area contributed by atoms with Crippen molar-refractivity contribution in [2.24, 2.45) is 5.73 Å². The van der Waals surface area contributed by atoms with E-state index < -0.39 is 5.97 Å². The molecule has 1 aromatic rings. The standard InChI is InChI=1S/C10H9ClN2O2/c1-15-10(14)6-2-7(4-12)9(11)8(3-6)5-13/h2-3H,4,12H2,1H3. The fourth-order valence-corrected chi connectivity index (χ4v) is 1.38. The largest absolute Gasteiger partial charge is 0.465 e. The summed E-state index contributed by atoms with van der Waals surface area (Å²) in [5.74, 6) is -0.516. The third-order valence-electron chi connectivity index (χ3n) is 1.91. The first-order valence-electron chi connectivity index (χ1n) is 4.15. The second-order valence-electron chi connectivity index (χ2n) is 2.80. The Morgan fingerprint density at radius 1 is 1.67 bits per heavy atom. The predicted molar refractivity (Wildman–Crippen MR) is 55.4 cm³/mol. The number of halogens is 1. The summed E-state index contributed by atoms with van der Waals surface area (Å²) in [5.41, 5.74) is 6.49. The number of esters is 1. The first-order chi connectivity index (χ1) is 7.13. The summed E-state index contributed by atoms with van der Waals surface area (Å²) in [5, 5.41) is 9.07. The average Bonchev–Trinajstić information content (AvgIpc) is 2.28. The normalized spacial score (nSPS) is 9.47. The molecule has 0 aliphatic heterocycles. The number of carbonyl (C=O) groups excluding carboxylic acids is 1. The molecule has 0 unspecified atom stereocenters. The lowest BCUT2D eigenvalue weighted by Crippen LogP contribution is -2.06. The maximum atomic E-state index is 11.2. The summed E-state index contributed by atoms with van der Waals surface area (Å²) in [6.45, 7) is 0.165. The quantitative estimate of drug-likeness (QED) is 0.772. The monoisotopic (exact) mass is 224 g/mol. The molecule has 4 nitrogen and oxygen atoms in total. The van der Waals surface area contributed by atoms with Gasteiger partial charge >= 0.3 is 5.97 Å². The van der Waals surface area contributed by atoms with Gasteiger partial charge in [0.25, 0.3) is 0 Å². The minimum Gasteiger partial charge on any atom is -0.465 e. The van der Waals surface area contributed by atoms with Crippen LogP contribution in [-0.4, -0.2) is 13.1 Å². The van der Waals surface area contributed by atoms with Gasteiger partial charge in [-0.25, -0.2) is 4.79 Å². The van der Waals surface area contributed by atoms with E-state index in [-0.39, 0.29) is 22.7 Å². The number of nitrogens with two attached hydrogens (primary N) is 1. The van der Waals surface area contributed by atoms with Crippen molar-refractivity contribution < 1.29 is 9.53 Å². The van der Waals surface area contributed by atoms with Crippen molar-refractivity contribution in [3.05, 3.63) is 33.8 Å². The van der Waals surface area contributed by atoms with E-state index >= 15 is 0 Å². The first kappa shape index (κ1) is 11.5. The summed E-state index contributed by atoms with van der Waals surface area (Å²) in [7, 11) is 1.27. The van der Waals surface area contributed by atoms with Crippen LogP contribution in [0.5, 0.6) is 0 Å². The van der Waals surface area contributed by atoms with Gasteiger partial charge < -0.3 is 10.5 Å². The molecule has 0 saturated carbocycles. The SMILES string of the molecule is COC(=O)c1cc(C#N)c(Cl)c(CN)c1. The zero-order valence-corrected chi connectivity index (χ0v) is 8.84. The molecule has 1 rings (SSSR count). The van der Waals surface area contributed by atoms with Crippen LogP contribution in [0.15, 0.2) is 12.1 Å². The lowest BCUT2D eigenvalue weighted by atomic mass is 10.1. The number of rotatable bonds is 2. The summed E-state index contributed by atoms with van der Waals surface area (Å²) in [4.78, 5) is 11.2. The van der Waals surface area contributed by atoms with Crippen LogP contribution in [0.25, 0.3) is 0 Å². The van der Waals surface area contributed by atoms with Crippen LogP contribution in [0.1, 0.15) is 21.5 Å². The smallest absolute Gasteiger partial charge is 0.337 e. The lowest BCUT2D eigenvalue weighted by Gasteiger charge is -2.06. The van der Waals surface area contributed by atoms with Crippen LogP contribution in [0, 0.1) is 11.3 Å². The number of nitrogens with zero attached hydrogens (tertiary/aromatic N) is 1. The fraction of sp³-hybridized carbons (Fsp3) is 0.200. The second kappa shape index (κ2) is 4.78. The van der Waals surface area contributed by atoms with Crippen molar-refractivity contribution in [2.75, 3.05) is 7.11 Å². The lowest BCUT2D eigenvalue weighted by molar-refractivity contribution is 0.0600. The van der Waals surface area contributed by atoms with Crippen LogP contribution >= 0.6 is 11.6 Å². The van der Waals surface area contributed by atoms with E-state index in [2.05, 4.69) is 4.74 Å². The summed E-state index contributed by atoms with van der Waals surface area (Å²) in [6.07, 6.45) is 0. The Hall–Kier alpha value is -1.57. The zero-order valence-electron chi connectivity index (χ0n) is 8.08. The molecule has 2 N–H and O–H groups in total. The molecule has 1 aromatic carbocycles. The van der Waals surface area contributed by atoms with Crippen molar-refractivity contribution in [3.8, 4) is 6.07 Å². The van der Waals surface area contributed by atoms with Crippen molar-refractivity contribution in [1.29, 1.82) is 5.26 Å². The molecule has 0 spiro atoms. The average molecular weight is 225 g/mol. The Morgan fingerprint density at radius 2 is 2.33 bits per heavy atom. The van der Waals surface area contributed by atoms with Gasteiger partial charge in [-0.15, -0.1) is 0 Å². The minimum absolute atomic E-state index is 0.165. The molecule has 0 amide bonds. The molecule has 0 fully saturated rings. The van der Waals surface area contributed by atoms with Gasteiger partial charge in [-0.3, -0.25) is 0 Å².